The average molecular weight is 806 g/mol. The Morgan fingerprint density at radius 2 is 1.71 bits per heavy atom. The highest BCUT2D eigenvalue weighted by Crippen LogP contribution is 2.43. The van der Waals surface area contributed by atoms with Gasteiger partial charge >= 0.3 is 12.1 Å². The van der Waals surface area contributed by atoms with Crippen molar-refractivity contribution in [1.82, 2.24) is 15.5 Å². The predicted octanol–water partition coefficient (Wildman–Crippen LogP) is 8.26. The van der Waals surface area contributed by atoms with Crippen LogP contribution in [0, 0.1) is 24.0 Å². The standard InChI is InChI=1S/C38H39N5O9S3/c1-21-11-15-31(22(2)19-21)51-18-8-17-39-34(45)28-14-13-26-27(33(28)44)9-7-10-30(26)42(5)38(47)52-32-16-12-25(43(48)49)20-29(32)23(3)53-36-40-41-37(55-36)54-24(4)35(46)50-6/h7,9-16,19-20,23-24,44H,8,17-18H2,1-6H3,(H,39,45). The summed E-state index contributed by atoms with van der Waals surface area (Å²) in [5.74, 6) is -0.209. The number of phenolic OH excluding ortho intramolecular Hbond substituents is 1. The van der Waals surface area contributed by atoms with Crippen LogP contribution in [0.4, 0.5) is 16.2 Å². The van der Waals surface area contributed by atoms with Gasteiger partial charge in [-0.05, 0) is 63.9 Å². The summed E-state index contributed by atoms with van der Waals surface area (Å²) in [5, 5.41) is 33.9. The lowest BCUT2D eigenvalue weighted by atomic mass is 10.0. The number of esters is 1. The minimum absolute atomic E-state index is 0.0753. The van der Waals surface area contributed by atoms with Gasteiger partial charge in [-0.15, -0.1) is 10.2 Å². The Morgan fingerprint density at radius 1 is 0.982 bits per heavy atom. The van der Waals surface area contributed by atoms with E-state index in [1.54, 1.807) is 38.1 Å². The van der Waals surface area contributed by atoms with E-state index in [0.29, 0.717) is 50.3 Å². The normalized spacial score (nSPS) is 12.1. The number of carbonyl (C=O) groups is 3. The van der Waals surface area contributed by atoms with Gasteiger partial charge in [0.15, 0.2) is 8.68 Å². The Balaban J connectivity index is 1.27. The van der Waals surface area contributed by atoms with Gasteiger partial charge in [0.1, 0.15) is 22.5 Å². The van der Waals surface area contributed by atoms with E-state index in [-0.39, 0.29) is 22.7 Å². The first-order valence-electron chi connectivity index (χ1n) is 17.0. The van der Waals surface area contributed by atoms with Crippen molar-refractivity contribution in [3.63, 3.8) is 0 Å². The van der Waals surface area contributed by atoms with Crippen LogP contribution in [0.3, 0.4) is 0 Å². The minimum Gasteiger partial charge on any atom is -0.506 e. The fourth-order valence-corrected chi connectivity index (χ4v) is 8.99. The van der Waals surface area contributed by atoms with E-state index in [2.05, 4.69) is 15.5 Å². The Bertz CT molecular complexity index is 2230. The molecule has 1 aromatic heterocycles. The van der Waals surface area contributed by atoms with Crippen molar-refractivity contribution >= 4 is 75.0 Å². The van der Waals surface area contributed by atoms with Crippen LogP contribution in [-0.2, 0) is 9.53 Å². The molecule has 2 atom stereocenters. The number of rotatable bonds is 15. The maximum atomic E-state index is 13.6. The number of carbonyl (C=O) groups excluding carboxylic acids is 3. The molecule has 2 N–H and O–H groups in total. The van der Waals surface area contributed by atoms with E-state index in [1.807, 2.05) is 32.0 Å². The highest BCUT2D eigenvalue weighted by atomic mass is 32.2. The smallest absolute Gasteiger partial charge is 0.419 e. The Labute approximate surface area is 329 Å². The van der Waals surface area contributed by atoms with E-state index in [9.17, 15) is 29.6 Å². The third kappa shape index (κ3) is 10.0. The van der Waals surface area contributed by atoms with Gasteiger partial charge in [0.05, 0.1) is 29.9 Å². The SMILES string of the molecule is COC(=O)C(C)Sc1nnc(SC(C)c2cc([N+](=O)[O-])ccc2OC(=O)N(C)c2cccc3c(O)c(C(=O)NCCCOc4ccc(C)cc4C)ccc23)s1. The number of anilines is 1. The van der Waals surface area contributed by atoms with Crippen molar-refractivity contribution in [2.75, 3.05) is 32.2 Å². The first-order valence-corrected chi connectivity index (χ1v) is 19.6. The van der Waals surface area contributed by atoms with Crippen molar-refractivity contribution in [2.24, 2.45) is 0 Å². The Morgan fingerprint density at radius 3 is 2.42 bits per heavy atom. The molecule has 2 amide bonds. The highest BCUT2D eigenvalue weighted by Gasteiger charge is 2.25. The van der Waals surface area contributed by atoms with Gasteiger partial charge in [0.2, 0.25) is 0 Å². The second-order valence-corrected chi connectivity index (χ2v) is 16.5. The molecule has 0 aliphatic carbocycles. The van der Waals surface area contributed by atoms with Crippen LogP contribution in [-0.4, -0.2) is 70.8 Å². The van der Waals surface area contributed by atoms with Crippen LogP contribution in [0.5, 0.6) is 17.2 Å². The number of amides is 2. The second kappa shape index (κ2) is 18.3. The summed E-state index contributed by atoms with van der Waals surface area (Å²) >= 11 is 3.71. The molecule has 0 saturated heterocycles. The number of methoxy groups -OCH3 is 1. The molecule has 55 heavy (non-hydrogen) atoms. The molecule has 5 aromatic rings. The van der Waals surface area contributed by atoms with Crippen molar-refractivity contribution in [3.8, 4) is 17.2 Å². The van der Waals surface area contributed by atoms with Crippen molar-refractivity contribution < 1.29 is 38.6 Å². The van der Waals surface area contributed by atoms with Crippen LogP contribution in [0.1, 0.15) is 52.6 Å². The minimum atomic E-state index is -0.796. The first-order chi connectivity index (χ1) is 26.3. The van der Waals surface area contributed by atoms with Gasteiger partial charge in [0.25, 0.3) is 11.6 Å². The number of nitro benzene ring substituents is 1. The molecule has 5 rings (SSSR count). The molecule has 288 valence electrons. The molecule has 0 aliphatic heterocycles. The number of aromatic hydroxyl groups is 1. The molecular weight excluding hydrogens is 767 g/mol. The summed E-state index contributed by atoms with van der Waals surface area (Å²) < 4.78 is 17.5. The van der Waals surface area contributed by atoms with E-state index in [0.717, 1.165) is 16.9 Å². The summed E-state index contributed by atoms with van der Waals surface area (Å²) in [6.45, 7) is 8.21. The molecule has 0 radical (unpaired) electrons. The van der Waals surface area contributed by atoms with Crippen LogP contribution < -0.4 is 19.7 Å². The first kappa shape index (κ1) is 40.8. The van der Waals surface area contributed by atoms with E-state index in [4.69, 9.17) is 14.2 Å². The van der Waals surface area contributed by atoms with Crippen LogP contribution in [0.2, 0.25) is 0 Å². The molecule has 14 nitrogen and oxygen atoms in total. The number of aryl methyl sites for hydroxylation is 2. The summed E-state index contributed by atoms with van der Waals surface area (Å²) in [6.07, 6.45) is -0.242. The molecular formula is C38H39N5O9S3. The Hall–Kier alpha value is -5.39. The number of phenols is 1. The number of benzene rings is 4. The molecule has 17 heteroatoms. The van der Waals surface area contributed by atoms with Gasteiger partial charge in [-0.3, -0.25) is 24.6 Å². The number of hydrogen-bond donors (Lipinski definition) is 2. The monoisotopic (exact) mass is 805 g/mol. The lowest BCUT2D eigenvalue weighted by Crippen LogP contribution is -2.30. The van der Waals surface area contributed by atoms with E-state index < -0.39 is 33.4 Å². The third-order valence-corrected chi connectivity index (χ3v) is 11.7. The van der Waals surface area contributed by atoms with Gasteiger partial charge in [-0.2, -0.15) is 0 Å². The van der Waals surface area contributed by atoms with Gasteiger partial charge in [-0.25, -0.2) is 4.79 Å². The summed E-state index contributed by atoms with van der Waals surface area (Å²) in [6, 6.07) is 18.0. The van der Waals surface area contributed by atoms with Crippen molar-refractivity contribution in [1.29, 1.82) is 0 Å². The summed E-state index contributed by atoms with van der Waals surface area (Å²) in [5.41, 5.74) is 2.83. The number of ether oxygens (including phenoxy) is 3. The summed E-state index contributed by atoms with van der Waals surface area (Å²) in [7, 11) is 2.80. The lowest BCUT2D eigenvalue weighted by Gasteiger charge is -2.21. The molecule has 0 fully saturated rings. The maximum Gasteiger partial charge on any atom is 0.419 e. The number of thioether (sulfide) groups is 2. The molecule has 0 saturated carbocycles. The van der Waals surface area contributed by atoms with Gasteiger partial charge < -0.3 is 24.6 Å². The highest BCUT2D eigenvalue weighted by molar-refractivity contribution is 8.04. The fourth-order valence-electron chi connectivity index (χ4n) is 5.51. The molecule has 0 aliphatic rings. The summed E-state index contributed by atoms with van der Waals surface area (Å²) in [4.78, 5) is 50.9. The molecule has 2 unspecified atom stereocenters. The number of aromatic nitrogens is 2. The fraction of sp³-hybridized carbons (Fsp3) is 0.289. The van der Waals surface area contributed by atoms with Gasteiger partial charge in [0, 0.05) is 47.3 Å². The average Bonchev–Trinajstić information content (AvgIpc) is 3.60. The van der Waals surface area contributed by atoms with Crippen LogP contribution in [0.15, 0.2) is 75.4 Å². The number of nitrogens with one attached hydrogen (secondary N) is 1. The quantitative estimate of drug-likeness (QED) is 0.0339. The molecule has 0 bridgehead atoms. The number of fused-ring (bicyclic) bond motifs is 1. The molecule has 1 heterocycles. The van der Waals surface area contributed by atoms with Gasteiger partial charge in [-0.1, -0.05) is 70.8 Å². The van der Waals surface area contributed by atoms with Crippen LogP contribution >= 0.6 is 34.9 Å². The van der Waals surface area contributed by atoms with E-state index in [1.165, 1.54) is 78.2 Å². The van der Waals surface area contributed by atoms with E-state index >= 15 is 0 Å². The number of non-ortho nitro benzene ring substituents is 1. The van der Waals surface area contributed by atoms with Crippen LogP contribution in [0.25, 0.3) is 10.8 Å². The lowest BCUT2D eigenvalue weighted by molar-refractivity contribution is -0.384. The second-order valence-electron chi connectivity index (χ2n) is 12.3. The predicted molar refractivity (Wildman–Crippen MR) is 213 cm³/mol. The molecule has 0 spiro atoms. The van der Waals surface area contributed by atoms with Crippen molar-refractivity contribution in [3.05, 3.63) is 99.1 Å². The zero-order chi connectivity index (χ0) is 39.8. The number of nitro groups is 1. The third-order valence-electron chi connectivity index (χ3n) is 8.40. The topological polar surface area (TPSA) is 183 Å². The number of nitrogens with zero attached hydrogens (tertiary/aromatic N) is 4. The Kier molecular flexibility index (Phi) is 13.6. The number of hydrogen-bond acceptors (Lipinski definition) is 14. The molecule has 4 aromatic carbocycles. The largest absolute Gasteiger partial charge is 0.506 e. The zero-order valence-electron chi connectivity index (χ0n) is 30.9. The zero-order valence-corrected chi connectivity index (χ0v) is 33.3. The van der Waals surface area contributed by atoms with Crippen molar-refractivity contribution in [2.45, 2.75) is 53.3 Å². The maximum absolute atomic E-state index is 13.6.